The van der Waals surface area contributed by atoms with Gasteiger partial charge in [0.1, 0.15) is 0 Å². The first-order chi connectivity index (χ1) is 12.7. The summed E-state index contributed by atoms with van der Waals surface area (Å²) in [4.78, 5) is 0. The van der Waals surface area contributed by atoms with Crippen LogP contribution in [0.1, 0.15) is 65.2 Å². The first-order valence-electron chi connectivity index (χ1n) is 10.8. The maximum Gasteiger partial charge on any atom is 0.192 e. The van der Waals surface area contributed by atoms with Gasteiger partial charge in [0.15, 0.2) is 8.32 Å². The Labute approximate surface area is 173 Å². The smallest absolute Gasteiger partial charge is 0.192 e. The Morgan fingerprint density at radius 2 is 1.85 bits per heavy atom. The molecule has 0 radical (unpaired) electrons. The van der Waals surface area contributed by atoms with E-state index >= 15 is 0 Å². The van der Waals surface area contributed by atoms with Crippen LogP contribution in [0, 0.1) is 24.2 Å². The standard InChI is InChI=1S/C23H40ClNOSi/c1-8-27(9-2,10-3)26-21(22-17(4)12-11-13-20(22)24)16-25-15-19-14-23(6,7)18(19)5/h11-13,18-19,21,25H,8-10,14-16H2,1-7H3/t18-,19?,21?/m0/s1. The average Bonchev–Trinajstić information content (AvgIpc) is 2.64. The molecule has 0 amide bonds. The molecular weight excluding hydrogens is 370 g/mol. The molecule has 1 saturated carbocycles. The zero-order valence-corrected chi connectivity index (χ0v) is 20.2. The van der Waals surface area contributed by atoms with Crippen molar-refractivity contribution in [1.82, 2.24) is 5.32 Å². The van der Waals surface area contributed by atoms with Gasteiger partial charge in [-0.1, -0.05) is 65.3 Å². The summed E-state index contributed by atoms with van der Waals surface area (Å²) in [6, 6.07) is 9.68. The molecule has 1 fully saturated rings. The summed E-state index contributed by atoms with van der Waals surface area (Å²) in [6.45, 7) is 18.1. The minimum Gasteiger partial charge on any atom is -0.409 e. The lowest BCUT2D eigenvalue weighted by Gasteiger charge is -2.50. The van der Waals surface area contributed by atoms with Crippen LogP contribution in [0.25, 0.3) is 0 Å². The van der Waals surface area contributed by atoms with Crippen LogP contribution in [0.15, 0.2) is 18.2 Å². The second kappa shape index (κ2) is 9.43. The van der Waals surface area contributed by atoms with Crippen LogP contribution in [-0.2, 0) is 4.43 Å². The van der Waals surface area contributed by atoms with E-state index in [4.69, 9.17) is 16.0 Å². The number of rotatable bonds is 10. The van der Waals surface area contributed by atoms with Gasteiger partial charge in [0.2, 0.25) is 0 Å². The average molecular weight is 410 g/mol. The number of hydrogen-bond acceptors (Lipinski definition) is 2. The van der Waals surface area contributed by atoms with Gasteiger partial charge in [0.05, 0.1) is 6.10 Å². The summed E-state index contributed by atoms with van der Waals surface area (Å²) in [7, 11) is -1.72. The van der Waals surface area contributed by atoms with E-state index in [-0.39, 0.29) is 6.10 Å². The van der Waals surface area contributed by atoms with Crippen LogP contribution in [-0.4, -0.2) is 21.4 Å². The Morgan fingerprint density at radius 3 is 2.33 bits per heavy atom. The summed E-state index contributed by atoms with van der Waals surface area (Å²) in [6.07, 6.45) is 1.36. The van der Waals surface area contributed by atoms with Crippen molar-refractivity contribution in [2.45, 2.75) is 79.1 Å². The Morgan fingerprint density at radius 1 is 1.22 bits per heavy atom. The van der Waals surface area contributed by atoms with Crippen molar-refractivity contribution >= 4 is 19.9 Å². The summed E-state index contributed by atoms with van der Waals surface area (Å²) < 4.78 is 6.93. The monoisotopic (exact) mass is 409 g/mol. The molecule has 0 bridgehead atoms. The first kappa shape index (κ1) is 22.9. The Balaban J connectivity index is 2.13. The van der Waals surface area contributed by atoms with Crippen molar-refractivity contribution in [1.29, 1.82) is 0 Å². The van der Waals surface area contributed by atoms with Gasteiger partial charge in [-0.3, -0.25) is 0 Å². The van der Waals surface area contributed by atoms with Crippen molar-refractivity contribution in [3.8, 4) is 0 Å². The highest BCUT2D eigenvalue weighted by Gasteiger charge is 2.43. The van der Waals surface area contributed by atoms with Crippen molar-refractivity contribution in [3.05, 3.63) is 34.3 Å². The summed E-state index contributed by atoms with van der Waals surface area (Å²) in [5.74, 6) is 1.56. The highest BCUT2D eigenvalue weighted by Crippen LogP contribution is 2.49. The van der Waals surface area contributed by atoms with Crippen molar-refractivity contribution < 1.29 is 4.43 Å². The highest BCUT2D eigenvalue weighted by atomic mass is 35.5. The molecule has 0 heterocycles. The predicted octanol–water partition coefficient (Wildman–Crippen LogP) is 6.98. The highest BCUT2D eigenvalue weighted by molar-refractivity contribution is 6.73. The fourth-order valence-electron chi connectivity index (χ4n) is 4.72. The number of nitrogens with one attached hydrogen (secondary N) is 1. The summed E-state index contributed by atoms with van der Waals surface area (Å²) in [5.41, 5.74) is 2.91. The van der Waals surface area contributed by atoms with Crippen LogP contribution >= 0.6 is 11.6 Å². The minimum absolute atomic E-state index is 0.0496. The zero-order valence-electron chi connectivity index (χ0n) is 18.5. The fraction of sp³-hybridized carbons (Fsp3) is 0.739. The second-order valence-corrected chi connectivity index (χ2v) is 14.4. The molecule has 2 unspecified atom stereocenters. The van der Waals surface area contributed by atoms with Crippen LogP contribution in [0.5, 0.6) is 0 Å². The molecule has 154 valence electrons. The van der Waals surface area contributed by atoms with Crippen LogP contribution < -0.4 is 5.32 Å². The van der Waals surface area contributed by atoms with Crippen molar-refractivity contribution in [2.75, 3.05) is 13.1 Å². The van der Waals surface area contributed by atoms with Crippen LogP contribution in [0.2, 0.25) is 23.2 Å². The van der Waals surface area contributed by atoms with Gasteiger partial charge in [0, 0.05) is 17.1 Å². The minimum atomic E-state index is -1.72. The van der Waals surface area contributed by atoms with Gasteiger partial charge in [-0.2, -0.15) is 0 Å². The largest absolute Gasteiger partial charge is 0.409 e. The molecular formula is C23H40ClNOSi. The van der Waals surface area contributed by atoms with Crippen molar-refractivity contribution in [2.24, 2.45) is 17.3 Å². The first-order valence-corrected chi connectivity index (χ1v) is 13.7. The third kappa shape index (κ3) is 5.17. The summed E-state index contributed by atoms with van der Waals surface area (Å²) >= 11 is 6.63. The number of hydrogen-bond donors (Lipinski definition) is 1. The van der Waals surface area contributed by atoms with Gasteiger partial charge in [-0.15, -0.1) is 0 Å². The molecule has 0 spiro atoms. The van der Waals surface area contributed by atoms with E-state index in [0.717, 1.165) is 48.1 Å². The topological polar surface area (TPSA) is 21.3 Å². The fourth-order valence-corrected chi connectivity index (χ4v) is 7.87. The third-order valence-corrected chi connectivity index (χ3v) is 12.4. The molecule has 1 aliphatic carbocycles. The normalized spacial score (nSPS) is 23.1. The van der Waals surface area contributed by atoms with E-state index in [9.17, 15) is 0 Å². The van der Waals surface area contributed by atoms with Gasteiger partial charge in [-0.05, 0) is 66.9 Å². The van der Waals surface area contributed by atoms with E-state index in [1.807, 2.05) is 12.1 Å². The molecule has 4 heteroatoms. The molecule has 0 aromatic heterocycles. The molecule has 1 aromatic rings. The van der Waals surface area contributed by atoms with Gasteiger partial charge >= 0.3 is 0 Å². The predicted molar refractivity (Wildman–Crippen MR) is 121 cm³/mol. The number of aryl methyl sites for hydroxylation is 1. The lowest BCUT2D eigenvalue weighted by molar-refractivity contribution is 0.00239. The lowest BCUT2D eigenvalue weighted by atomic mass is 9.56. The Hall–Kier alpha value is -0.353. The van der Waals surface area contributed by atoms with Gasteiger partial charge in [0.25, 0.3) is 0 Å². The quantitative estimate of drug-likeness (QED) is 0.420. The molecule has 2 nitrogen and oxygen atoms in total. The van der Waals surface area contributed by atoms with Crippen molar-refractivity contribution in [3.63, 3.8) is 0 Å². The van der Waals surface area contributed by atoms with E-state index < -0.39 is 8.32 Å². The van der Waals surface area contributed by atoms with E-state index in [2.05, 4.69) is 59.8 Å². The third-order valence-electron chi connectivity index (χ3n) is 7.38. The Bertz CT molecular complexity index is 586. The molecule has 1 aromatic carbocycles. The number of halogens is 1. The molecule has 2 rings (SSSR count). The maximum absolute atomic E-state index is 6.93. The molecule has 1 N–H and O–H groups in total. The lowest BCUT2D eigenvalue weighted by Crippen LogP contribution is -2.47. The van der Waals surface area contributed by atoms with Gasteiger partial charge < -0.3 is 9.74 Å². The van der Waals surface area contributed by atoms with Crippen LogP contribution in [0.4, 0.5) is 0 Å². The zero-order chi connectivity index (χ0) is 20.2. The molecule has 27 heavy (non-hydrogen) atoms. The molecule has 1 aliphatic rings. The van der Waals surface area contributed by atoms with Gasteiger partial charge in [-0.25, -0.2) is 0 Å². The van der Waals surface area contributed by atoms with E-state index in [1.54, 1.807) is 0 Å². The van der Waals surface area contributed by atoms with E-state index in [1.165, 1.54) is 17.5 Å². The Kier molecular flexibility index (Phi) is 8.01. The number of benzene rings is 1. The maximum atomic E-state index is 6.93. The van der Waals surface area contributed by atoms with Crippen LogP contribution in [0.3, 0.4) is 0 Å². The summed E-state index contributed by atoms with van der Waals surface area (Å²) in [5, 5.41) is 4.58. The molecule has 0 aliphatic heterocycles. The molecule has 0 saturated heterocycles. The SMILES string of the molecule is CC[Si](CC)(CC)OC(CNCC1CC(C)(C)[C@H]1C)c1c(C)cccc1Cl. The second-order valence-electron chi connectivity index (χ2n) is 9.22. The molecule has 3 atom stereocenters. The van der Waals surface area contributed by atoms with E-state index in [0.29, 0.717) is 5.41 Å².